The number of halogens is 2. The van der Waals surface area contributed by atoms with Gasteiger partial charge in [0.15, 0.2) is 0 Å². The lowest BCUT2D eigenvalue weighted by molar-refractivity contribution is -0.145. The number of benzene rings is 2. The first-order chi connectivity index (χ1) is 12.5. The van der Waals surface area contributed by atoms with Crippen LogP contribution in [0.4, 0.5) is 8.78 Å². The minimum Gasteiger partial charge on any atom is -0.480 e. The van der Waals surface area contributed by atoms with Crippen LogP contribution in [-0.2, 0) is 11.2 Å². The highest BCUT2D eigenvalue weighted by atomic mass is 19.1. The molecule has 3 nitrogen and oxygen atoms in total. The number of aryl methyl sites for hydroxylation is 1. The van der Waals surface area contributed by atoms with Gasteiger partial charge >= 0.3 is 5.97 Å². The molecule has 0 radical (unpaired) electrons. The highest BCUT2D eigenvalue weighted by Gasteiger charge is 2.36. The van der Waals surface area contributed by atoms with Crippen molar-refractivity contribution in [3.63, 3.8) is 0 Å². The second kappa shape index (κ2) is 7.96. The van der Waals surface area contributed by atoms with Gasteiger partial charge < -0.3 is 5.11 Å². The molecule has 1 aliphatic heterocycles. The van der Waals surface area contributed by atoms with Crippen molar-refractivity contribution >= 4 is 5.97 Å². The third kappa shape index (κ3) is 3.78. The van der Waals surface area contributed by atoms with Crippen LogP contribution in [0.5, 0.6) is 0 Å². The van der Waals surface area contributed by atoms with E-state index in [1.54, 1.807) is 0 Å². The summed E-state index contributed by atoms with van der Waals surface area (Å²) < 4.78 is 28.0. The number of nitrogens with zero attached hydrogens (tertiary/aromatic N) is 1. The zero-order valence-corrected chi connectivity index (χ0v) is 14.8. The van der Waals surface area contributed by atoms with E-state index in [4.69, 9.17) is 0 Å². The SMILES string of the molecule is CCc1ccc(C(c2ccc(F)cc2F)N2CCCCC2C(=O)O)cc1. The average molecular weight is 359 g/mol. The first kappa shape index (κ1) is 18.5. The molecule has 2 aromatic rings. The minimum absolute atomic E-state index is 0.309. The van der Waals surface area contributed by atoms with E-state index in [9.17, 15) is 18.7 Å². The predicted octanol–water partition coefficient (Wildman–Crippen LogP) is 4.56. The first-order valence-corrected chi connectivity index (χ1v) is 9.03. The maximum atomic E-state index is 14.6. The van der Waals surface area contributed by atoms with Crippen molar-refractivity contribution < 1.29 is 18.7 Å². The van der Waals surface area contributed by atoms with Crippen molar-refractivity contribution in [3.8, 4) is 0 Å². The summed E-state index contributed by atoms with van der Waals surface area (Å²) >= 11 is 0. The van der Waals surface area contributed by atoms with Crippen LogP contribution in [-0.4, -0.2) is 28.6 Å². The van der Waals surface area contributed by atoms with Gasteiger partial charge in [0.2, 0.25) is 0 Å². The van der Waals surface area contributed by atoms with E-state index in [1.165, 1.54) is 12.1 Å². The van der Waals surface area contributed by atoms with E-state index >= 15 is 0 Å². The summed E-state index contributed by atoms with van der Waals surface area (Å²) in [7, 11) is 0. The molecule has 2 aromatic carbocycles. The van der Waals surface area contributed by atoms with Crippen molar-refractivity contribution in [1.82, 2.24) is 4.90 Å². The van der Waals surface area contributed by atoms with Crippen LogP contribution >= 0.6 is 0 Å². The lowest BCUT2D eigenvalue weighted by Gasteiger charge is -2.39. The molecule has 0 bridgehead atoms. The number of likely N-dealkylation sites (tertiary alicyclic amines) is 1. The third-order valence-electron chi connectivity index (χ3n) is 5.12. The van der Waals surface area contributed by atoms with Gasteiger partial charge in [-0.1, -0.05) is 43.7 Å². The molecule has 3 rings (SSSR count). The molecule has 1 fully saturated rings. The maximum Gasteiger partial charge on any atom is 0.320 e. The van der Waals surface area contributed by atoms with Crippen LogP contribution in [0.3, 0.4) is 0 Å². The molecule has 5 heteroatoms. The number of rotatable bonds is 5. The molecule has 138 valence electrons. The second-order valence-electron chi connectivity index (χ2n) is 6.75. The third-order valence-corrected chi connectivity index (χ3v) is 5.12. The van der Waals surface area contributed by atoms with E-state index < -0.39 is 29.7 Å². The quantitative estimate of drug-likeness (QED) is 0.851. The molecule has 1 N–H and O–H groups in total. The van der Waals surface area contributed by atoms with Gasteiger partial charge in [-0.05, 0) is 43.0 Å². The Morgan fingerprint density at radius 1 is 1.19 bits per heavy atom. The van der Waals surface area contributed by atoms with Gasteiger partial charge in [-0.3, -0.25) is 9.69 Å². The van der Waals surface area contributed by atoms with Gasteiger partial charge in [0, 0.05) is 11.6 Å². The number of hydrogen-bond acceptors (Lipinski definition) is 2. The van der Waals surface area contributed by atoms with E-state index in [-0.39, 0.29) is 0 Å². The van der Waals surface area contributed by atoms with Crippen LogP contribution in [0, 0.1) is 11.6 Å². The van der Waals surface area contributed by atoms with Crippen LogP contribution in [0.1, 0.15) is 48.9 Å². The Morgan fingerprint density at radius 2 is 1.92 bits per heavy atom. The van der Waals surface area contributed by atoms with Gasteiger partial charge in [0.05, 0.1) is 6.04 Å². The van der Waals surface area contributed by atoms with E-state index in [2.05, 4.69) is 6.92 Å². The molecule has 1 heterocycles. The van der Waals surface area contributed by atoms with Gasteiger partial charge in [-0.2, -0.15) is 0 Å². The molecule has 26 heavy (non-hydrogen) atoms. The fourth-order valence-electron chi connectivity index (χ4n) is 3.74. The molecule has 1 saturated heterocycles. The molecular weight excluding hydrogens is 336 g/mol. The number of carboxylic acid groups (broad SMARTS) is 1. The summed E-state index contributed by atoms with van der Waals surface area (Å²) in [6.45, 7) is 2.62. The summed E-state index contributed by atoms with van der Waals surface area (Å²) in [4.78, 5) is 13.6. The smallest absolute Gasteiger partial charge is 0.320 e. The molecule has 1 aliphatic rings. The normalized spacial score (nSPS) is 19.3. The molecule has 0 aliphatic carbocycles. The zero-order chi connectivity index (χ0) is 18.7. The van der Waals surface area contributed by atoms with E-state index in [1.807, 2.05) is 29.2 Å². The van der Waals surface area contributed by atoms with E-state index in [0.29, 0.717) is 18.5 Å². The van der Waals surface area contributed by atoms with Gasteiger partial charge in [0.25, 0.3) is 0 Å². The lowest BCUT2D eigenvalue weighted by Crippen LogP contribution is -2.47. The van der Waals surface area contributed by atoms with Gasteiger partial charge in [-0.15, -0.1) is 0 Å². The molecule has 0 amide bonds. The average Bonchev–Trinajstić information content (AvgIpc) is 2.64. The van der Waals surface area contributed by atoms with Crippen molar-refractivity contribution in [2.24, 2.45) is 0 Å². The molecule has 2 atom stereocenters. The number of carboxylic acids is 1. The summed E-state index contributed by atoms with van der Waals surface area (Å²) in [6, 6.07) is 10.1. The summed E-state index contributed by atoms with van der Waals surface area (Å²) in [6.07, 6.45) is 3.11. The van der Waals surface area contributed by atoms with Crippen molar-refractivity contribution in [2.45, 2.75) is 44.7 Å². The molecule has 2 unspecified atom stereocenters. The second-order valence-corrected chi connectivity index (χ2v) is 6.75. The van der Waals surface area contributed by atoms with Crippen molar-refractivity contribution in [3.05, 3.63) is 70.8 Å². The number of hydrogen-bond donors (Lipinski definition) is 1. The van der Waals surface area contributed by atoms with Gasteiger partial charge in [-0.25, -0.2) is 8.78 Å². The van der Waals surface area contributed by atoms with Gasteiger partial charge in [0.1, 0.15) is 17.7 Å². The number of piperidine rings is 1. The topological polar surface area (TPSA) is 40.5 Å². The number of carbonyl (C=O) groups is 1. The highest BCUT2D eigenvalue weighted by molar-refractivity contribution is 5.73. The Bertz CT molecular complexity index is 776. The predicted molar refractivity (Wildman–Crippen MR) is 96.0 cm³/mol. The first-order valence-electron chi connectivity index (χ1n) is 9.03. The number of aliphatic carboxylic acids is 1. The van der Waals surface area contributed by atoms with Crippen LogP contribution in [0.25, 0.3) is 0 Å². The Hall–Kier alpha value is -2.27. The highest BCUT2D eigenvalue weighted by Crippen LogP contribution is 2.35. The monoisotopic (exact) mass is 359 g/mol. The molecule has 0 spiro atoms. The molecule has 0 aromatic heterocycles. The fraction of sp³-hybridized carbons (Fsp3) is 0.381. The molecule has 0 saturated carbocycles. The Balaban J connectivity index is 2.09. The summed E-state index contributed by atoms with van der Waals surface area (Å²) in [5, 5.41) is 9.65. The lowest BCUT2D eigenvalue weighted by atomic mass is 9.91. The maximum absolute atomic E-state index is 14.6. The summed E-state index contributed by atoms with van der Waals surface area (Å²) in [5.41, 5.74) is 2.28. The largest absolute Gasteiger partial charge is 0.480 e. The molecular formula is C21H23F2NO2. The standard InChI is InChI=1S/C21H23F2NO2/c1-2-14-6-8-15(9-7-14)20(17-11-10-16(22)13-18(17)23)24-12-4-3-5-19(24)21(25)26/h6-11,13,19-20H,2-5,12H2,1H3,(H,25,26). The minimum atomic E-state index is -0.901. The van der Waals surface area contributed by atoms with E-state index in [0.717, 1.165) is 36.5 Å². The van der Waals surface area contributed by atoms with Crippen LogP contribution in [0.2, 0.25) is 0 Å². The summed E-state index contributed by atoms with van der Waals surface area (Å²) in [5.74, 6) is -2.19. The van der Waals surface area contributed by atoms with Crippen molar-refractivity contribution in [2.75, 3.05) is 6.54 Å². The Morgan fingerprint density at radius 3 is 2.54 bits per heavy atom. The Labute approximate surface area is 152 Å². The zero-order valence-electron chi connectivity index (χ0n) is 14.8. The Kier molecular flexibility index (Phi) is 5.67. The van der Waals surface area contributed by atoms with Crippen molar-refractivity contribution in [1.29, 1.82) is 0 Å². The van der Waals surface area contributed by atoms with Crippen LogP contribution in [0.15, 0.2) is 42.5 Å². The van der Waals surface area contributed by atoms with Crippen LogP contribution < -0.4 is 0 Å². The fourth-order valence-corrected chi connectivity index (χ4v) is 3.74.